The predicted molar refractivity (Wildman–Crippen MR) is 110 cm³/mol. The maximum Gasteiger partial charge on any atom is 0.409 e. The molecule has 0 aliphatic rings. The number of alkyl carbamates (subject to hydrolysis) is 1. The van der Waals surface area contributed by atoms with Crippen LogP contribution in [0.15, 0.2) is 60.7 Å². The van der Waals surface area contributed by atoms with Gasteiger partial charge in [-0.05, 0) is 29.9 Å². The Kier molecular flexibility index (Phi) is 7.78. The number of benzene rings is 2. The van der Waals surface area contributed by atoms with Crippen molar-refractivity contribution < 1.29 is 9.53 Å². The van der Waals surface area contributed by atoms with E-state index in [0.29, 0.717) is 0 Å². The van der Waals surface area contributed by atoms with Gasteiger partial charge in [0.25, 0.3) is 0 Å². The minimum Gasteiger partial charge on any atom is -0.445 e. The van der Waals surface area contributed by atoms with Gasteiger partial charge >= 0.3 is 6.09 Å². The molecule has 0 radical (unpaired) electrons. The molecule has 5 nitrogen and oxygen atoms in total. The lowest BCUT2D eigenvalue weighted by Crippen LogP contribution is -2.56. The highest BCUT2D eigenvalue weighted by Gasteiger charge is 2.35. The van der Waals surface area contributed by atoms with Crippen LogP contribution in [-0.4, -0.2) is 21.2 Å². The first-order chi connectivity index (χ1) is 12.3. The number of hydrogen-bond acceptors (Lipinski definition) is 3. The van der Waals surface area contributed by atoms with Crippen LogP contribution in [0.2, 0.25) is 0 Å². The second-order valence-corrected chi connectivity index (χ2v) is 7.92. The molecule has 138 valence electrons. The van der Waals surface area contributed by atoms with Crippen molar-refractivity contribution in [3.05, 3.63) is 66.2 Å². The van der Waals surface area contributed by atoms with Crippen molar-refractivity contribution in [2.45, 2.75) is 16.6 Å². The quantitative estimate of drug-likeness (QED) is 0.366. The first-order valence-electron chi connectivity index (χ1n) is 7.51. The number of amides is 1. The highest BCUT2D eigenvalue weighted by molar-refractivity contribution is 7.80. The summed E-state index contributed by atoms with van der Waals surface area (Å²) >= 11 is 22.9. The number of rotatable bonds is 5. The molecule has 0 spiro atoms. The summed E-state index contributed by atoms with van der Waals surface area (Å²) in [5.74, 6) is 0. The van der Waals surface area contributed by atoms with Gasteiger partial charge in [-0.1, -0.05) is 83.3 Å². The number of carbonyl (C=O) groups excluding carboxylic acids is 1. The van der Waals surface area contributed by atoms with Crippen LogP contribution in [0, 0.1) is 0 Å². The van der Waals surface area contributed by atoms with E-state index in [2.05, 4.69) is 16.0 Å². The van der Waals surface area contributed by atoms with Gasteiger partial charge in [0.05, 0.1) is 0 Å². The van der Waals surface area contributed by atoms with E-state index in [0.717, 1.165) is 11.3 Å². The molecule has 3 N–H and O–H groups in total. The first-order valence-corrected chi connectivity index (χ1v) is 9.05. The lowest BCUT2D eigenvalue weighted by atomic mass is 10.2. The minimum absolute atomic E-state index is 0.0892. The molecule has 9 heteroatoms. The summed E-state index contributed by atoms with van der Waals surface area (Å²) in [6.07, 6.45) is -1.85. The largest absolute Gasteiger partial charge is 0.445 e. The number of para-hydroxylation sites is 1. The molecule has 0 aromatic heterocycles. The van der Waals surface area contributed by atoms with Crippen LogP contribution in [0.1, 0.15) is 5.56 Å². The molecule has 0 heterocycles. The number of nitrogens with one attached hydrogen (secondary N) is 3. The number of halogens is 3. The van der Waals surface area contributed by atoms with E-state index in [9.17, 15) is 4.79 Å². The number of ether oxygens (including phenoxy) is 1. The summed E-state index contributed by atoms with van der Waals surface area (Å²) in [5.41, 5.74) is 1.59. The van der Waals surface area contributed by atoms with Gasteiger partial charge in [0.15, 0.2) is 11.3 Å². The molecule has 0 saturated carbocycles. The molecular formula is C17H16Cl3N3O2S. The van der Waals surface area contributed by atoms with E-state index < -0.39 is 16.1 Å². The monoisotopic (exact) mass is 431 g/mol. The number of hydrogen-bond donors (Lipinski definition) is 3. The maximum absolute atomic E-state index is 12.0. The summed E-state index contributed by atoms with van der Waals surface area (Å²) in [6, 6.07) is 18.4. The predicted octanol–water partition coefficient (Wildman–Crippen LogP) is 4.60. The van der Waals surface area contributed by atoms with Crippen LogP contribution in [0.3, 0.4) is 0 Å². The maximum atomic E-state index is 12.0. The highest BCUT2D eigenvalue weighted by Crippen LogP contribution is 2.29. The van der Waals surface area contributed by atoms with Crippen molar-refractivity contribution in [1.29, 1.82) is 0 Å². The van der Waals surface area contributed by atoms with Gasteiger partial charge in [-0.25, -0.2) is 4.79 Å². The average molecular weight is 433 g/mol. The van der Waals surface area contributed by atoms with Crippen LogP contribution in [0.4, 0.5) is 10.5 Å². The topological polar surface area (TPSA) is 62.4 Å². The van der Waals surface area contributed by atoms with Crippen LogP contribution in [0.25, 0.3) is 0 Å². The van der Waals surface area contributed by atoms with Crippen molar-refractivity contribution in [2.24, 2.45) is 0 Å². The summed E-state index contributed by atoms with van der Waals surface area (Å²) in [7, 11) is 0. The Labute approximate surface area is 172 Å². The molecule has 0 unspecified atom stereocenters. The third kappa shape index (κ3) is 7.25. The number of thiocarbonyl (C=S) groups is 1. The summed E-state index contributed by atoms with van der Waals surface area (Å²) in [6.45, 7) is 0.0892. The zero-order valence-electron chi connectivity index (χ0n) is 13.4. The molecular weight excluding hydrogens is 417 g/mol. The highest BCUT2D eigenvalue weighted by atomic mass is 35.6. The second kappa shape index (κ2) is 9.83. The van der Waals surface area contributed by atoms with Gasteiger partial charge < -0.3 is 15.4 Å². The third-order valence-corrected chi connectivity index (χ3v) is 3.98. The average Bonchev–Trinajstić information content (AvgIpc) is 2.60. The summed E-state index contributed by atoms with van der Waals surface area (Å²) < 4.78 is 3.27. The van der Waals surface area contributed by atoms with Crippen LogP contribution in [-0.2, 0) is 11.3 Å². The van der Waals surface area contributed by atoms with Gasteiger partial charge in [-0.3, -0.25) is 5.32 Å². The van der Waals surface area contributed by atoms with Gasteiger partial charge in [0, 0.05) is 5.69 Å². The third-order valence-electron chi connectivity index (χ3n) is 3.11. The molecule has 0 aliphatic heterocycles. The fraction of sp³-hybridized carbons (Fsp3) is 0.176. The molecule has 0 saturated heterocycles. The number of carbonyl (C=O) groups is 1. The summed E-state index contributed by atoms with van der Waals surface area (Å²) in [5, 5.41) is 8.30. The van der Waals surface area contributed by atoms with Crippen LogP contribution in [0.5, 0.6) is 0 Å². The van der Waals surface area contributed by atoms with E-state index in [1.807, 2.05) is 60.7 Å². The Morgan fingerprint density at radius 3 is 2.15 bits per heavy atom. The minimum atomic E-state index is -1.85. The van der Waals surface area contributed by atoms with E-state index in [1.165, 1.54) is 0 Å². The normalized spacial score (nSPS) is 12.0. The second-order valence-electron chi connectivity index (χ2n) is 5.15. The van der Waals surface area contributed by atoms with Crippen molar-refractivity contribution in [2.75, 3.05) is 5.32 Å². The Morgan fingerprint density at radius 2 is 1.58 bits per heavy atom. The SMILES string of the molecule is O=C(N[C@@H](NC(=S)Nc1ccccc1)C(Cl)(Cl)Cl)OCc1ccccc1. The Hall–Kier alpha value is -1.73. The Balaban J connectivity index is 1.90. The molecule has 1 amide bonds. The zero-order chi connectivity index (χ0) is 19.0. The van der Waals surface area contributed by atoms with Gasteiger partial charge in [0.1, 0.15) is 6.61 Å². The van der Waals surface area contributed by atoms with Crippen LogP contribution < -0.4 is 16.0 Å². The van der Waals surface area contributed by atoms with E-state index in [-0.39, 0.29) is 11.7 Å². The molecule has 0 aliphatic carbocycles. The van der Waals surface area contributed by atoms with Gasteiger partial charge in [-0.15, -0.1) is 0 Å². The van der Waals surface area contributed by atoms with Gasteiger partial charge in [-0.2, -0.15) is 0 Å². The van der Waals surface area contributed by atoms with E-state index in [4.69, 9.17) is 51.8 Å². The van der Waals surface area contributed by atoms with Gasteiger partial charge in [0.2, 0.25) is 3.79 Å². The Bertz CT molecular complexity index is 727. The molecule has 1 atom stereocenters. The smallest absolute Gasteiger partial charge is 0.409 e. The fourth-order valence-electron chi connectivity index (χ4n) is 1.90. The lowest BCUT2D eigenvalue weighted by molar-refractivity contribution is 0.135. The van der Waals surface area contributed by atoms with E-state index >= 15 is 0 Å². The zero-order valence-corrected chi connectivity index (χ0v) is 16.5. The fourth-order valence-corrected chi connectivity index (χ4v) is 2.47. The molecule has 2 rings (SSSR count). The number of anilines is 1. The molecule has 0 bridgehead atoms. The molecule has 2 aromatic carbocycles. The molecule has 26 heavy (non-hydrogen) atoms. The van der Waals surface area contributed by atoms with Crippen molar-refractivity contribution >= 4 is 63.9 Å². The standard InChI is InChI=1S/C17H16Cl3N3O2S/c18-17(19,20)14(22-15(26)21-13-9-5-2-6-10-13)23-16(24)25-11-12-7-3-1-4-8-12/h1-10,14H,11H2,(H,23,24)(H2,21,22,26)/t14-/m1/s1. The number of alkyl halides is 3. The first kappa shape index (κ1) is 20.6. The van der Waals surface area contributed by atoms with Crippen molar-refractivity contribution in [3.8, 4) is 0 Å². The Morgan fingerprint density at radius 1 is 1.00 bits per heavy atom. The van der Waals surface area contributed by atoms with E-state index in [1.54, 1.807) is 0 Å². The summed E-state index contributed by atoms with van der Waals surface area (Å²) in [4.78, 5) is 12.0. The lowest BCUT2D eigenvalue weighted by Gasteiger charge is -2.27. The van der Waals surface area contributed by atoms with Crippen LogP contribution >= 0.6 is 47.0 Å². The van der Waals surface area contributed by atoms with Crippen molar-refractivity contribution in [1.82, 2.24) is 10.6 Å². The molecule has 0 fully saturated rings. The van der Waals surface area contributed by atoms with Crippen molar-refractivity contribution in [3.63, 3.8) is 0 Å². The molecule has 2 aromatic rings.